The zero-order valence-electron chi connectivity index (χ0n) is 6.47. The predicted octanol–water partition coefficient (Wildman–Crippen LogP) is 2.98. The molecule has 1 aromatic heterocycles. The van der Waals surface area contributed by atoms with Gasteiger partial charge in [-0.3, -0.25) is 0 Å². The van der Waals surface area contributed by atoms with Crippen LogP contribution in [-0.4, -0.2) is 16.1 Å². The molecule has 0 spiro atoms. The highest BCUT2D eigenvalue weighted by Crippen LogP contribution is 2.27. The predicted molar refractivity (Wildman–Crippen MR) is 53.9 cm³/mol. The van der Waals surface area contributed by atoms with Crippen LogP contribution in [-0.2, 0) is 0 Å². The van der Waals surface area contributed by atoms with E-state index in [1.54, 1.807) is 22.6 Å². The number of rotatable bonds is 2. The molecule has 0 bridgehead atoms. The third-order valence-corrected chi connectivity index (χ3v) is 2.52. The summed E-state index contributed by atoms with van der Waals surface area (Å²) in [6.45, 7) is 0. The second-order valence-corrected chi connectivity index (χ2v) is 3.73. The molecule has 0 aliphatic carbocycles. The van der Waals surface area contributed by atoms with Gasteiger partial charge in [0.1, 0.15) is 9.39 Å². The number of alkyl halides is 2. The second kappa shape index (κ2) is 4.35. The van der Waals surface area contributed by atoms with Crippen LogP contribution in [0.25, 0.3) is 0 Å². The monoisotopic (exact) mass is 333 g/mol. The van der Waals surface area contributed by atoms with Crippen molar-refractivity contribution >= 4 is 40.2 Å². The standard InChI is InChI=1S/C7H3ClF2INO2/c8-3-1-2(7(13)14)6(11)12-4(3)5(9)10/h1,5H,(H,13,14). The van der Waals surface area contributed by atoms with E-state index in [0.29, 0.717) is 0 Å². The molecule has 0 unspecified atom stereocenters. The Hall–Kier alpha value is -0.500. The number of hydrogen-bond acceptors (Lipinski definition) is 2. The summed E-state index contributed by atoms with van der Waals surface area (Å²) in [6, 6.07) is 0.972. The van der Waals surface area contributed by atoms with Gasteiger partial charge in [-0.05, 0) is 28.7 Å². The first-order valence-electron chi connectivity index (χ1n) is 3.31. The quantitative estimate of drug-likeness (QED) is 0.669. The molecule has 0 aliphatic rings. The van der Waals surface area contributed by atoms with Gasteiger partial charge in [0.05, 0.1) is 10.6 Å². The lowest BCUT2D eigenvalue weighted by Gasteiger charge is -2.04. The molecule has 3 nitrogen and oxygen atoms in total. The van der Waals surface area contributed by atoms with E-state index in [9.17, 15) is 13.6 Å². The van der Waals surface area contributed by atoms with Crippen molar-refractivity contribution in [1.82, 2.24) is 4.98 Å². The number of carbonyl (C=O) groups is 1. The molecule has 0 aromatic carbocycles. The highest BCUT2D eigenvalue weighted by molar-refractivity contribution is 14.1. The maximum Gasteiger partial charge on any atom is 0.338 e. The second-order valence-electron chi connectivity index (χ2n) is 2.30. The SMILES string of the molecule is O=C(O)c1cc(Cl)c(C(F)F)nc1I. The molecule has 0 saturated heterocycles. The Morgan fingerprint density at radius 3 is 2.64 bits per heavy atom. The normalized spacial score (nSPS) is 10.6. The summed E-state index contributed by atoms with van der Waals surface area (Å²) in [5, 5.41) is 8.29. The number of hydrogen-bond donors (Lipinski definition) is 1. The van der Waals surface area contributed by atoms with Crippen LogP contribution < -0.4 is 0 Å². The smallest absolute Gasteiger partial charge is 0.338 e. The number of pyridine rings is 1. The molecule has 0 saturated carbocycles. The fraction of sp³-hybridized carbons (Fsp3) is 0.143. The van der Waals surface area contributed by atoms with Crippen LogP contribution >= 0.6 is 34.2 Å². The summed E-state index contributed by atoms with van der Waals surface area (Å²) in [6.07, 6.45) is -2.81. The van der Waals surface area contributed by atoms with E-state index in [4.69, 9.17) is 16.7 Å². The average Bonchev–Trinajstić information content (AvgIpc) is 2.07. The molecule has 1 aromatic rings. The Balaban J connectivity index is 3.31. The van der Waals surface area contributed by atoms with Gasteiger partial charge < -0.3 is 5.11 Å². The average molecular weight is 333 g/mol. The highest BCUT2D eigenvalue weighted by Gasteiger charge is 2.19. The van der Waals surface area contributed by atoms with Gasteiger partial charge in [0, 0.05) is 0 Å². The van der Waals surface area contributed by atoms with Crippen molar-refractivity contribution in [2.24, 2.45) is 0 Å². The molecular weight excluding hydrogens is 330 g/mol. The van der Waals surface area contributed by atoms with Gasteiger partial charge in [-0.2, -0.15) is 0 Å². The van der Waals surface area contributed by atoms with Crippen LogP contribution in [0, 0.1) is 3.70 Å². The van der Waals surface area contributed by atoms with Crippen molar-refractivity contribution in [3.63, 3.8) is 0 Å². The molecule has 0 radical (unpaired) electrons. The minimum atomic E-state index is -2.81. The van der Waals surface area contributed by atoms with Crippen molar-refractivity contribution in [3.8, 4) is 0 Å². The van der Waals surface area contributed by atoms with Gasteiger partial charge in [0.25, 0.3) is 6.43 Å². The molecular formula is C7H3ClF2INO2. The lowest BCUT2D eigenvalue weighted by atomic mass is 10.2. The summed E-state index contributed by atoms with van der Waals surface area (Å²) in [5.74, 6) is -1.25. The number of aromatic nitrogens is 1. The van der Waals surface area contributed by atoms with E-state index in [2.05, 4.69) is 4.98 Å². The van der Waals surface area contributed by atoms with Crippen LogP contribution in [0.5, 0.6) is 0 Å². The van der Waals surface area contributed by atoms with Gasteiger partial charge in [-0.1, -0.05) is 11.6 Å². The Kier molecular flexibility index (Phi) is 3.59. The Bertz CT molecular complexity index is 386. The maximum absolute atomic E-state index is 12.2. The molecule has 0 amide bonds. The first-order valence-corrected chi connectivity index (χ1v) is 4.76. The number of aromatic carboxylic acids is 1. The molecule has 7 heteroatoms. The fourth-order valence-corrected chi connectivity index (χ4v) is 1.66. The van der Waals surface area contributed by atoms with Gasteiger partial charge in [-0.15, -0.1) is 0 Å². The zero-order valence-corrected chi connectivity index (χ0v) is 9.38. The highest BCUT2D eigenvalue weighted by atomic mass is 127. The lowest BCUT2D eigenvalue weighted by Crippen LogP contribution is -2.05. The van der Waals surface area contributed by atoms with E-state index in [-0.39, 0.29) is 14.3 Å². The lowest BCUT2D eigenvalue weighted by molar-refractivity contribution is 0.0694. The number of nitrogens with zero attached hydrogens (tertiary/aromatic N) is 1. The molecule has 14 heavy (non-hydrogen) atoms. The molecule has 0 aliphatic heterocycles. The third-order valence-electron chi connectivity index (χ3n) is 1.39. The van der Waals surface area contributed by atoms with Gasteiger partial charge in [-0.25, -0.2) is 18.6 Å². The summed E-state index contributed by atoms with van der Waals surface area (Å²) < 4.78 is 24.5. The van der Waals surface area contributed by atoms with E-state index in [0.717, 1.165) is 6.07 Å². The van der Waals surface area contributed by atoms with Gasteiger partial charge in [0.15, 0.2) is 0 Å². The van der Waals surface area contributed by atoms with E-state index in [1.165, 1.54) is 0 Å². The molecule has 0 atom stereocenters. The largest absolute Gasteiger partial charge is 0.478 e. The summed E-state index contributed by atoms with van der Waals surface area (Å²) >= 11 is 7.00. The van der Waals surface area contributed by atoms with E-state index < -0.39 is 18.1 Å². The van der Waals surface area contributed by atoms with Crippen LogP contribution in [0.15, 0.2) is 6.07 Å². The topological polar surface area (TPSA) is 50.2 Å². The van der Waals surface area contributed by atoms with Gasteiger partial charge >= 0.3 is 5.97 Å². The van der Waals surface area contributed by atoms with Crippen molar-refractivity contribution in [2.45, 2.75) is 6.43 Å². The van der Waals surface area contributed by atoms with Crippen LogP contribution in [0.3, 0.4) is 0 Å². The van der Waals surface area contributed by atoms with Crippen molar-refractivity contribution < 1.29 is 18.7 Å². The van der Waals surface area contributed by atoms with Crippen molar-refractivity contribution in [1.29, 1.82) is 0 Å². The molecule has 1 rings (SSSR count). The summed E-state index contributed by atoms with van der Waals surface area (Å²) in [4.78, 5) is 14.0. The van der Waals surface area contributed by atoms with Gasteiger partial charge in [0.2, 0.25) is 0 Å². The fourth-order valence-electron chi connectivity index (χ4n) is 0.783. The Morgan fingerprint density at radius 2 is 2.21 bits per heavy atom. The maximum atomic E-state index is 12.2. The number of carboxylic acids is 1. The van der Waals surface area contributed by atoms with E-state index in [1.807, 2.05) is 0 Å². The van der Waals surface area contributed by atoms with Crippen LogP contribution in [0.4, 0.5) is 8.78 Å². The van der Waals surface area contributed by atoms with Crippen molar-refractivity contribution in [3.05, 3.63) is 26.0 Å². The van der Waals surface area contributed by atoms with Crippen molar-refractivity contribution in [2.75, 3.05) is 0 Å². The minimum Gasteiger partial charge on any atom is -0.478 e. The summed E-state index contributed by atoms with van der Waals surface area (Å²) in [7, 11) is 0. The van der Waals surface area contributed by atoms with Crippen LogP contribution in [0.2, 0.25) is 5.02 Å². The summed E-state index contributed by atoms with van der Waals surface area (Å²) in [5.41, 5.74) is -0.777. The molecule has 76 valence electrons. The zero-order chi connectivity index (χ0) is 10.9. The first-order chi connectivity index (χ1) is 6.43. The molecule has 0 fully saturated rings. The molecule has 1 heterocycles. The first kappa shape index (κ1) is 11.6. The Morgan fingerprint density at radius 1 is 1.64 bits per heavy atom. The molecule has 1 N–H and O–H groups in total. The van der Waals surface area contributed by atoms with E-state index >= 15 is 0 Å². The number of halogens is 4. The third kappa shape index (κ3) is 2.30. The minimum absolute atomic E-state index is 0.00481. The van der Waals surface area contributed by atoms with Crippen LogP contribution in [0.1, 0.15) is 22.5 Å². The Labute approximate surface area is 96.2 Å². The number of carboxylic acid groups (broad SMARTS) is 1.